The number of aromatic nitrogens is 1. The average Bonchev–Trinajstić information content (AvgIpc) is 2.91. The van der Waals surface area contributed by atoms with E-state index >= 15 is 0 Å². The molecule has 0 radical (unpaired) electrons. The molecular weight excluding hydrogens is 250 g/mol. The summed E-state index contributed by atoms with van der Waals surface area (Å²) >= 11 is 0. The second kappa shape index (κ2) is 4.77. The number of anilines is 1. The molecule has 0 bridgehead atoms. The van der Waals surface area contributed by atoms with Gasteiger partial charge in [-0.05, 0) is 30.9 Å². The maximum atomic E-state index is 5.45. The molecule has 0 spiro atoms. The summed E-state index contributed by atoms with van der Waals surface area (Å²) in [5, 5.41) is 5.45. The Morgan fingerprint density at radius 1 is 1.15 bits per heavy atom. The van der Waals surface area contributed by atoms with Gasteiger partial charge in [0.1, 0.15) is 0 Å². The van der Waals surface area contributed by atoms with Crippen molar-refractivity contribution in [3.05, 3.63) is 24.3 Å². The Balaban J connectivity index is 1.58. The normalized spacial score (nSPS) is 27.8. The van der Waals surface area contributed by atoms with E-state index in [0.29, 0.717) is 6.04 Å². The van der Waals surface area contributed by atoms with Crippen LogP contribution in [0, 0.1) is 5.92 Å². The molecule has 1 aromatic heterocycles. The third-order valence-electron chi connectivity index (χ3n) is 4.80. The molecule has 2 saturated heterocycles. The number of nitrogens with zero attached hydrogens (tertiary/aromatic N) is 3. The van der Waals surface area contributed by atoms with Crippen molar-refractivity contribution in [3.8, 4) is 0 Å². The second-order valence-corrected chi connectivity index (χ2v) is 6.28. The highest BCUT2D eigenvalue weighted by molar-refractivity contribution is 5.88. The van der Waals surface area contributed by atoms with E-state index in [4.69, 9.17) is 4.52 Å². The van der Waals surface area contributed by atoms with Crippen molar-refractivity contribution in [1.82, 2.24) is 10.1 Å². The molecule has 2 atom stereocenters. The van der Waals surface area contributed by atoms with Crippen molar-refractivity contribution < 1.29 is 4.52 Å². The minimum absolute atomic E-state index is 0.690. The van der Waals surface area contributed by atoms with Crippen LogP contribution in [-0.4, -0.2) is 42.3 Å². The monoisotopic (exact) mass is 271 g/mol. The van der Waals surface area contributed by atoms with E-state index in [1.54, 1.807) is 0 Å². The second-order valence-electron chi connectivity index (χ2n) is 6.28. The standard InChI is InChI=1S/C16H21N3O/c1-12-6-7-13-11-19(9-8-18(13)10-12)16-14-4-2-3-5-15(14)20-17-16/h2-5,12-13H,6-11H2,1H3/t12-,13+/m1/s1. The molecule has 4 heteroatoms. The molecule has 0 aliphatic carbocycles. The Kier molecular flexibility index (Phi) is 2.91. The summed E-state index contributed by atoms with van der Waals surface area (Å²) in [6.45, 7) is 6.92. The molecule has 3 heterocycles. The van der Waals surface area contributed by atoms with Gasteiger partial charge in [0, 0.05) is 32.2 Å². The van der Waals surface area contributed by atoms with Gasteiger partial charge in [-0.2, -0.15) is 0 Å². The molecule has 4 nitrogen and oxygen atoms in total. The minimum Gasteiger partial charge on any atom is -0.354 e. The van der Waals surface area contributed by atoms with Crippen LogP contribution in [0.3, 0.4) is 0 Å². The molecule has 1 aromatic carbocycles. The number of hydrogen-bond donors (Lipinski definition) is 0. The third kappa shape index (κ3) is 1.99. The summed E-state index contributed by atoms with van der Waals surface area (Å²) in [6, 6.07) is 8.84. The molecule has 20 heavy (non-hydrogen) atoms. The number of piperazine rings is 1. The number of para-hydroxylation sites is 1. The van der Waals surface area contributed by atoms with Gasteiger partial charge in [-0.25, -0.2) is 0 Å². The topological polar surface area (TPSA) is 32.5 Å². The van der Waals surface area contributed by atoms with Crippen LogP contribution in [-0.2, 0) is 0 Å². The van der Waals surface area contributed by atoms with Gasteiger partial charge in [0.25, 0.3) is 0 Å². The summed E-state index contributed by atoms with van der Waals surface area (Å²) in [5.74, 6) is 1.88. The molecule has 2 aliphatic rings. The van der Waals surface area contributed by atoms with Crippen LogP contribution in [0.15, 0.2) is 28.8 Å². The quantitative estimate of drug-likeness (QED) is 0.798. The first kappa shape index (κ1) is 12.2. The first-order chi connectivity index (χ1) is 9.81. The Morgan fingerprint density at radius 2 is 2.05 bits per heavy atom. The molecule has 2 fully saturated rings. The molecule has 4 rings (SSSR count). The lowest BCUT2D eigenvalue weighted by Crippen LogP contribution is -2.56. The van der Waals surface area contributed by atoms with Crippen LogP contribution in [0.2, 0.25) is 0 Å². The Bertz CT molecular complexity index is 609. The highest BCUT2D eigenvalue weighted by atomic mass is 16.5. The SMILES string of the molecule is C[C@@H]1CC[C@H]2CN(c3noc4ccccc34)CCN2C1. The fraction of sp³-hybridized carbons (Fsp3) is 0.562. The lowest BCUT2D eigenvalue weighted by Gasteiger charge is -2.45. The van der Waals surface area contributed by atoms with Gasteiger partial charge < -0.3 is 9.42 Å². The Hall–Kier alpha value is -1.55. The summed E-state index contributed by atoms with van der Waals surface area (Å²) in [5.41, 5.74) is 0.891. The van der Waals surface area contributed by atoms with Gasteiger partial charge in [0.2, 0.25) is 0 Å². The van der Waals surface area contributed by atoms with Crippen LogP contribution in [0.1, 0.15) is 19.8 Å². The van der Waals surface area contributed by atoms with Crippen LogP contribution >= 0.6 is 0 Å². The summed E-state index contributed by atoms with van der Waals surface area (Å²) in [7, 11) is 0. The van der Waals surface area contributed by atoms with Crippen molar-refractivity contribution in [2.45, 2.75) is 25.8 Å². The zero-order chi connectivity index (χ0) is 13.5. The number of benzene rings is 1. The lowest BCUT2D eigenvalue weighted by molar-refractivity contribution is 0.102. The lowest BCUT2D eigenvalue weighted by atomic mass is 9.92. The maximum Gasteiger partial charge on any atom is 0.180 e. The zero-order valence-electron chi connectivity index (χ0n) is 12.0. The molecule has 0 unspecified atom stereocenters. The van der Waals surface area contributed by atoms with Crippen molar-refractivity contribution >= 4 is 16.8 Å². The van der Waals surface area contributed by atoms with Crippen molar-refractivity contribution in [2.24, 2.45) is 5.92 Å². The summed E-state index contributed by atoms with van der Waals surface area (Å²) in [4.78, 5) is 5.07. The van der Waals surface area contributed by atoms with E-state index in [-0.39, 0.29) is 0 Å². The van der Waals surface area contributed by atoms with E-state index in [1.807, 2.05) is 12.1 Å². The summed E-state index contributed by atoms with van der Waals surface area (Å²) in [6.07, 6.45) is 2.67. The first-order valence-corrected chi connectivity index (χ1v) is 7.64. The fourth-order valence-corrected chi connectivity index (χ4v) is 3.67. The highest BCUT2D eigenvalue weighted by Crippen LogP contribution is 2.30. The Morgan fingerprint density at radius 3 is 3.00 bits per heavy atom. The molecule has 0 N–H and O–H groups in total. The highest BCUT2D eigenvalue weighted by Gasteiger charge is 2.32. The van der Waals surface area contributed by atoms with E-state index in [1.165, 1.54) is 19.4 Å². The molecule has 2 aliphatic heterocycles. The molecular formula is C16H21N3O. The van der Waals surface area contributed by atoms with E-state index in [0.717, 1.165) is 42.3 Å². The average molecular weight is 271 g/mol. The maximum absolute atomic E-state index is 5.45. The molecule has 0 amide bonds. The Labute approximate surface area is 119 Å². The third-order valence-corrected chi connectivity index (χ3v) is 4.80. The smallest absolute Gasteiger partial charge is 0.180 e. The van der Waals surface area contributed by atoms with Gasteiger partial charge in [0.15, 0.2) is 11.4 Å². The van der Waals surface area contributed by atoms with Gasteiger partial charge in [-0.15, -0.1) is 0 Å². The predicted octanol–water partition coefficient (Wildman–Crippen LogP) is 2.75. The zero-order valence-corrected chi connectivity index (χ0v) is 12.0. The van der Waals surface area contributed by atoms with Crippen LogP contribution in [0.4, 0.5) is 5.82 Å². The van der Waals surface area contributed by atoms with E-state index in [9.17, 15) is 0 Å². The minimum atomic E-state index is 0.690. The van der Waals surface area contributed by atoms with E-state index in [2.05, 4.69) is 34.0 Å². The van der Waals surface area contributed by atoms with Gasteiger partial charge in [-0.1, -0.05) is 24.2 Å². The van der Waals surface area contributed by atoms with Crippen LogP contribution < -0.4 is 4.90 Å². The molecule has 106 valence electrons. The van der Waals surface area contributed by atoms with Gasteiger partial charge in [-0.3, -0.25) is 4.90 Å². The largest absolute Gasteiger partial charge is 0.354 e. The summed E-state index contributed by atoms with van der Waals surface area (Å²) < 4.78 is 5.45. The fourth-order valence-electron chi connectivity index (χ4n) is 3.67. The number of piperidine rings is 1. The first-order valence-electron chi connectivity index (χ1n) is 7.64. The number of rotatable bonds is 1. The van der Waals surface area contributed by atoms with Crippen molar-refractivity contribution in [2.75, 3.05) is 31.1 Å². The van der Waals surface area contributed by atoms with Gasteiger partial charge >= 0.3 is 0 Å². The number of hydrogen-bond acceptors (Lipinski definition) is 4. The van der Waals surface area contributed by atoms with E-state index < -0.39 is 0 Å². The molecule has 0 saturated carbocycles. The van der Waals surface area contributed by atoms with Crippen molar-refractivity contribution in [1.29, 1.82) is 0 Å². The van der Waals surface area contributed by atoms with Crippen LogP contribution in [0.25, 0.3) is 11.0 Å². The predicted molar refractivity (Wildman–Crippen MR) is 80.0 cm³/mol. The number of fused-ring (bicyclic) bond motifs is 2. The van der Waals surface area contributed by atoms with Crippen molar-refractivity contribution in [3.63, 3.8) is 0 Å². The van der Waals surface area contributed by atoms with Crippen LogP contribution in [0.5, 0.6) is 0 Å². The molecule has 2 aromatic rings. The van der Waals surface area contributed by atoms with Gasteiger partial charge in [0.05, 0.1) is 5.39 Å².